The maximum atomic E-state index is 12.5. The molecule has 23 heavy (non-hydrogen) atoms. The number of carbonyl (C=O) groups excluding carboxylic acids is 1. The van der Waals surface area contributed by atoms with E-state index in [2.05, 4.69) is 5.32 Å². The SMILES string of the molecule is COc1ccc(N(C)S(C)(=O)=O)cc1C(=O)Nc1ccccc1. The summed E-state index contributed by atoms with van der Waals surface area (Å²) in [6.45, 7) is 0. The summed E-state index contributed by atoms with van der Waals surface area (Å²) in [6, 6.07) is 13.6. The topological polar surface area (TPSA) is 75.7 Å². The predicted molar refractivity (Wildman–Crippen MR) is 90.6 cm³/mol. The van der Waals surface area contributed by atoms with Crippen LogP contribution in [0, 0.1) is 0 Å². The molecule has 0 aromatic heterocycles. The Kier molecular flexibility index (Phi) is 4.90. The molecule has 6 nitrogen and oxygen atoms in total. The first kappa shape index (κ1) is 16.8. The molecule has 2 rings (SSSR count). The van der Waals surface area contributed by atoms with Gasteiger partial charge in [0.2, 0.25) is 10.0 Å². The maximum Gasteiger partial charge on any atom is 0.259 e. The third-order valence-corrected chi connectivity index (χ3v) is 4.53. The van der Waals surface area contributed by atoms with Gasteiger partial charge >= 0.3 is 0 Å². The number of ether oxygens (including phenoxy) is 1. The number of rotatable bonds is 5. The quantitative estimate of drug-likeness (QED) is 0.910. The van der Waals surface area contributed by atoms with Crippen LogP contribution in [-0.4, -0.2) is 34.7 Å². The summed E-state index contributed by atoms with van der Waals surface area (Å²) < 4.78 is 29.6. The second kappa shape index (κ2) is 6.70. The Morgan fingerprint density at radius 1 is 1.13 bits per heavy atom. The highest BCUT2D eigenvalue weighted by Crippen LogP contribution is 2.26. The van der Waals surface area contributed by atoms with E-state index in [1.54, 1.807) is 36.4 Å². The summed E-state index contributed by atoms with van der Waals surface area (Å²) in [4.78, 5) is 12.5. The minimum atomic E-state index is -3.42. The molecule has 0 saturated carbocycles. The van der Waals surface area contributed by atoms with Crippen LogP contribution in [0.2, 0.25) is 0 Å². The number of para-hydroxylation sites is 1. The minimum absolute atomic E-state index is 0.254. The van der Waals surface area contributed by atoms with Crippen LogP contribution in [0.4, 0.5) is 11.4 Å². The summed E-state index contributed by atoms with van der Waals surface area (Å²) in [7, 11) is -0.536. The van der Waals surface area contributed by atoms with Crippen molar-refractivity contribution in [2.24, 2.45) is 0 Å². The molecule has 0 spiro atoms. The Bertz CT molecular complexity index is 804. The lowest BCUT2D eigenvalue weighted by molar-refractivity contribution is 0.102. The van der Waals surface area contributed by atoms with Crippen LogP contribution in [0.1, 0.15) is 10.4 Å². The van der Waals surface area contributed by atoms with Crippen molar-refractivity contribution in [2.75, 3.05) is 30.0 Å². The predicted octanol–water partition coefficient (Wildman–Crippen LogP) is 2.34. The minimum Gasteiger partial charge on any atom is -0.496 e. The van der Waals surface area contributed by atoms with E-state index in [1.165, 1.54) is 20.2 Å². The van der Waals surface area contributed by atoms with Crippen LogP contribution in [-0.2, 0) is 10.0 Å². The number of nitrogens with one attached hydrogen (secondary N) is 1. The molecule has 2 aromatic carbocycles. The van der Waals surface area contributed by atoms with E-state index in [1.807, 2.05) is 6.07 Å². The first-order valence-corrected chi connectivity index (χ1v) is 8.66. The van der Waals surface area contributed by atoms with Gasteiger partial charge in [-0.05, 0) is 30.3 Å². The molecule has 2 aromatic rings. The highest BCUT2D eigenvalue weighted by molar-refractivity contribution is 7.92. The smallest absolute Gasteiger partial charge is 0.259 e. The van der Waals surface area contributed by atoms with Gasteiger partial charge in [0.25, 0.3) is 5.91 Å². The first-order chi connectivity index (χ1) is 10.8. The van der Waals surface area contributed by atoms with E-state index in [0.717, 1.165) is 10.6 Å². The molecular weight excluding hydrogens is 316 g/mol. The monoisotopic (exact) mass is 334 g/mol. The fourth-order valence-corrected chi connectivity index (χ4v) is 2.48. The van der Waals surface area contributed by atoms with Crippen molar-refractivity contribution in [1.29, 1.82) is 0 Å². The van der Waals surface area contributed by atoms with E-state index in [4.69, 9.17) is 4.74 Å². The number of sulfonamides is 1. The second-order valence-electron chi connectivity index (χ2n) is 4.94. The van der Waals surface area contributed by atoms with E-state index >= 15 is 0 Å². The molecule has 7 heteroatoms. The van der Waals surface area contributed by atoms with Crippen molar-refractivity contribution in [2.45, 2.75) is 0 Å². The molecule has 1 N–H and O–H groups in total. The van der Waals surface area contributed by atoms with Crippen molar-refractivity contribution < 1.29 is 17.9 Å². The van der Waals surface area contributed by atoms with Crippen LogP contribution in [0.3, 0.4) is 0 Å². The molecule has 0 fully saturated rings. The molecule has 122 valence electrons. The number of hydrogen-bond donors (Lipinski definition) is 1. The van der Waals surface area contributed by atoms with E-state index in [0.29, 0.717) is 17.1 Å². The molecule has 0 heterocycles. The molecule has 0 radical (unpaired) electrons. The van der Waals surface area contributed by atoms with Crippen LogP contribution < -0.4 is 14.4 Å². The fraction of sp³-hybridized carbons (Fsp3) is 0.188. The lowest BCUT2D eigenvalue weighted by Crippen LogP contribution is -2.25. The normalized spacial score (nSPS) is 10.9. The number of anilines is 2. The van der Waals surface area contributed by atoms with Crippen molar-refractivity contribution in [3.63, 3.8) is 0 Å². The van der Waals surface area contributed by atoms with E-state index in [-0.39, 0.29) is 11.5 Å². The van der Waals surface area contributed by atoms with Crippen LogP contribution >= 0.6 is 0 Å². The molecule has 0 atom stereocenters. The van der Waals surface area contributed by atoms with Gasteiger partial charge in [0.05, 0.1) is 24.6 Å². The number of benzene rings is 2. The zero-order valence-corrected chi connectivity index (χ0v) is 13.9. The molecule has 0 bridgehead atoms. The third-order valence-electron chi connectivity index (χ3n) is 3.32. The Morgan fingerprint density at radius 2 is 1.78 bits per heavy atom. The summed E-state index contributed by atoms with van der Waals surface area (Å²) >= 11 is 0. The standard InChI is InChI=1S/C16H18N2O4S/c1-18(23(3,20)21)13-9-10-15(22-2)14(11-13)16(19)17-12-7-5-4-6-8-12/h4-11H,1-3H3,(H,17,19). The Labute approximate surface area is 135 Å². The lowest BCUT2D eigenvalue weighted by atomic mass is 10.1. The molecule has 1 amide bonds. The Balaban J connectivity index is 2.38. The first-order valence-electron chi connectivity index (χ1n) is 6.81. The maximum absolute atomic E-state index is 12.5. The van der Waals surface area contributed by atoms with Gasteiger partial charge in [0.1, 0.15) is 5.75 Å². The van der Waals surface area contributed by atoms with Gasteiger partial charge in [-0.1, -0.05) is 18.2 Å². The molecule has 0 aliphatic rings. The van der Waals surface area contributed by atoms with Crippen LogP contribution in [0.25, 0.3) is 0 Å². The van der Waals surface area contributed by atoms with Gasteiger partial charge in [-0.15, -0.1) is 0 Å². The zero-order chi connectivity index (χ0) is 17.0. The van der Waals surface area contributed by atoms with Crippen molar-refractivity contribution in [1.82, 2.24) is 0 Å². The number of hydrogen-bond acceptors (Lipinski definition) is 4. The van der Waals surface area contributed by atoms with Gasteiger partial charge in [-0.2, -0.15) is 0 Å². The molecule has 0 unspecified atom stereocenters. The summed E-state index contributed by atoms with van der Waals surface area (Å²) in [5.41, 5.74) is 1.28. The fourth-order valence-electron chi connectivity index (χ4n) is 1.98. The molecule has 0 aliphatic carbocycles. The van der Waals surface area contributed by atoms with Crippen molar-refractivity contribution >= 4 is 27.3 Å². The van der Waals surface area contributed by atoms with Gasteiger partial charge in [-0.3, -0.25) is 9.10 Å². The van der Waals surface area contributed by atoms with Gasteiger partial charge in [0, 0.05) is 12.7 Å². The second-order valence-corrected chi connectivity index (χ2v) is 6.95. The van der Waals surface area contributed by atoms with Gasteiger partial charge in [0.15, 0.2) is 0 Å². The van der Waals surface area contributed by atoms with Gasteiger partial charge in [-0.25, -0.2) is 8.42 Å². The average molecular weight is 334 g/mol. The average Bonchev–Trinajstić information content (AvgIpc) is 2.53. The van der Waals surface area contributed by atoms with Crippen LogP contribution in [0.5, 0.6) is 5.75 Å². The number of nitrogens with zero attached hydrogens (tertiary/aromatic N) is 1. The highest BCUT2D eigenvalue weighted by atomic mass is 32.2. The number of carbonyl (C=O) groups is 1. The van der Waals surface area contributed by atoms with Gasteiger partial charge < -0.3 is 10.1 Å². The summed E-state index contributed by atoms with van der Waals surface area (Å²) in [5.74, 6) is -0.0131. The number of amides is 1. The summed E-state index contributed by atoms with van der Waals surface area (Å²) in [5, 5.41) is 2.75. The molecular formula is C16H18N2O4S. The third kappa shape index (κ3) is 4.01. The Hall–Kier alpha value is -2.54. The van der Waals surface area contributed by atoms with E-state index in [9.17, 15) is 13.2 Å². The van der Waals surface area contributed by atoms with Crippen LogP contribution in [0.15, 0.2) is 48.5 Å². The van der Waals surface area contributed by atoms with Crippen molar-refractivity contribution in [3.8, 4) is 5.75 Å². The molecule has 0 saturated heterocycles. The Morgan fingerprint density at radius 3 is 2.35 bits per heavy atom. The largest absolute Gasteiger partial charge is 0.496 e. The van der Waals surface area contributed by atoms with Crippen molar-refractivity contribution in [3.05, 3.63) is 54.1 Å². The number of methoxy groups -OCH3 is 1. The molecule has 0 aliphatic heterocycles. The highest BCUT2D eigenvalue weighted by Gasteiger charge is 2.18. The zero-order valence-electron chi connectivity index (χ0n) is 13.1. The lowest BCUT2D eigenvalue weighted by Gasteiger charge is -2.18. The summed E-state index contributed by atoms with van der Waals surface area (Å²) in [6.07, 6.45) is 1.10. The van der Waals surface area contributed by atoms with E-state index < -0.39 is 10.0 Å².